The molecule has 0 amide bonds. The summed E-state index contributed by atoms with van der Waals surface area (Å²) in [5.41, 5.74) is 16.0. The summed E-state index contributed by atoms with van der Waals surface area (Å²) in [5.74, 6) is -1.57. The molecule has 0 saturated heterocycles. The monoisotopic (exact) mass is 699 g/mol. The molecule has 2 atom stereocenters. The SMILES string of the molecule is CCC1=Cc2c(-c3ccc(CC)cc3)cccc2[CH]1[Zr]([Cl])([Cl])([CH]1C(C)=Cc2c(-c3ccc(CC)cc3)cccc21)[SiH](C)C. The van der Waals surface area contributed by atoms with Gasteiger partial charge < -0.3 is 0 Å². The number of benzene rings is 4. The summed E-state index contributed by atoms with van der Waals surface area (Å²) in [7, 11) is 17.0. The molecular formula is C39H43Cl2SiZr. The van der Waals surface area contributed by atoms with Gasteiger partial charge in [0.1, 0.15) is 0 Å². The first-order valence-electron chi connectivity index (χ1n) is 16.0. The van der Waals surface area contributed by atoms with Crippen molar-refractivity contribution in [3.8, 4) is 22.3 Å². The normalized spacial score (nSPS) is 18.6. The van der Waals surface area contributed by atoms with E-state index in [1.165, 1.54) is 66.8 Å². The van der Waals surface area contributed by atoms with Crippen molar-refractivity contribution in [3.63, 3.8) is 0 Å². The zero-order valence-corrected chi connectivity index (χ0v) is 31.5. The summed E-state index contributed by atoms with van der Waals surface area (Å²) < 4.78 is 0.234. The molecule has 0 N–H and O–H groups in total. The molecule has 0 spiro atoms. The van der Waals surface area contributed by atoms with Gasteiger partial charge in [0.15, 0.2) is 0 Å². The van der Waals surface area contributed by atoms with Crippen LogP contribution in [0.15, 0.2) is 96.1 Å². The summed E-state index contributed by atoms with van der Waals surface area (Å²) in [4.78, 5) is 0. The van der Waals surface area contributed by atoms with Crippen LogP contribution in [-0.4, -0.2) is 5.92 Å². The number of halogens is 2. The molecule has 221 valence electrons. The zero-order valence-electron chi connectivity index (χ0n) is 26.3. The Kier molecular flexibility index (Phi) is 8.49. The van der Waals surface area contributed by atoms with Crippen LogP contribution in [0, 0.1) is 0 Å². The first-order valence-corrected chi connectivity index (χ1v) is 32.3. The maximum absolute atomic E-state index is 8.50. The van der Waals surface area contributed by atoms with Gasteiger partial charge >= 0.3 is 270 Å². The van der Waals surface area contributed by atoms with E-state index in [9.17, 15) is 0 Å². The number of fused-ring (bicyclic) bond motifs is 2. The molecule has 43 heavy (non-hydrogen) atoms. The summed E-state index contributed by atoms with van der Waals surface area (Å²) >= 11 is -4.71. The molecule has 6 rings (SSSR count). The van der Waals surface area contributed by atoms with Crippen LogP contribution in [0.3, 0.4) is 0 Å². The van der Waals surface area contributed by atoms with E-state index in [2.05, 4.69) is 138 Å². The first kappa shape index (κ1) is 31.0. The number of allylic oxidation sites excluding steroid dienone is 2. The van der Waals surface area contributed by atoms with Crippen molar-refractivity contribution in [1.29, 1.82) is 0 Å². The third-order valence-electron chi connectivity index (χ3n) is 10.4. The van der Waals surface area contributed by atoms with Crippen LogP contribution < -0.4 is 0 Å². The van der Waals surface area contributed by atoms with Gasteiger partial charge in [0.25, 0.3) is 0 Å². The van der Waals surface area contributed by atoms with E-state index in [0.717, 1.165) is 19.3 Å². The summed E-state index contributed by atoms with van der Waals surface area (Å²) in [6, 6.07) is 31.8. The second kappa shape index (κ2) is 11.8. The van der Waals surface area contributed by atoms with E-state index in [1.807, 2.05) is 0 Å². The quantitative estimate of drug-likeness (QED) is 0.160. The molecule has 2 aliphatic carbocycles. The van der Waals surface area contributed by atoms with Crippen molar-refractivity contribution in [2.45, 2.75) is 67.3 Å². The van der Waals surface area contributed by atoms with Gasteiger partial charge in [-0.1, -0.05) is 0 Å². The number of aryl methyl sites for hydroxylation is 2. The van der Waals surface area contributed by atoms with E-state index in [0.29, 0.717) is 0 Å². The van der Waals surface area contributed by atoms with Crippen molar-refractivity contribution in [3.05, 3.63) is 129 Å². The van der Waals surface area contributed by atoms with Gasteiger partial charge in [0.05, 0.1) is 0 Å². The number of hydrogen-bond donors (Lipinski definition) is 0. The van der Waals surface area contributed by atoms with Gasteiger partial charge in [0.2, 0.25) is 0 Å². The van der Waals surface area contributed by atoms with E-state index in [4.69, 9.17) is 17.0 Å². The van der Waals surface area contributed by atoms with Crippen LogP contribution in [0.25, 0.3) is 34.4 Å². The maximum atomic E-state index is 8.50. The molecule has 0 radical (unpaired) electrons. The molecule has 0 bridgehead atoms. The predicted octanol–water partition coefficient (Wildman–Crippen LogP) is 12.1. The molecule has 0 heterocycles. The van der Waals surface area contributed by atoms with Gasteiger partial charge in [-0.05, 0) is 0 Å². The van der Waals surface area contributed by atoms with Crippen LogP contribution in [0.2, 0.25) is 13.1 Å². The van der Waals surface area contributed by atoms with Crippen molar-refractivity contribution in [2.24, 2.45) is 0 Å². The summed E-state index contributed by atoms with van der Waals surface area (Å²) in [6.07, 6.45) is 7.93. The second-order valence-corrected chi connectivity index (χ2v) is 55.4. The van der Waals surface area contributed by atoms with Gasteiger partial charge in [-0.15, -0.1) is 0 Å². The Bertz CT molecular complexity index is 1750. The van der Waals surface area contributed by atoms with Crippen LogP contribution in [0.4, 0.5) is 0 Å². The van der Waals surface area contributed by atoms with E-state index >= 15 is 0 Å². The Morgan fingerprint density at radius 3 is 1.51 bits per heavy atom. The number of hydrogen-bond acceptors (Lipinski definition) is 0. The van der Waals surface area contributed by atoms with Crippen LogP contribution >= 0.6 is 17.0 Å². The molecule has 0 aromatic heterocycles. The number of rotatable bonds is 8. The Morgan fingerprint density at radius 2 is 1.07 bits per heavy atom. The third-order valence-corrected chi connectivity index (χ3v) is 62.4. The standard InChI is InChI=1S/C19H19.C18H17.C2H7Si.2ClH.Zr/c1-3-14-8-10-16(11-9-14)18-7-5-6-17-12-15(4-2)13-19(17)18;1-3-14-7-9-15(10-8-14)17-6-4-5-16-11-13(2)12-18(16)17;1-3-2;;;/h5-13H,3-4H2,1-2H3;4-12H,3H2,1-2H3;3H,1-2H3;2*1H;/q;;;;;+2/p-2. The average molecular weight is 702 g/mol. The summed E-state index contributed by atoms with van der Waals surface area (Å²) in [6.45, 7) is 13.9. The molecule has 0 fully saturated rings. The van der Waals surface area contributed by atoms with Crippen LogP contribution in [0.5, 0.6) is 0 Å². The van der Waals surface area contributed by atoms with Crippen molar-refractivity contribution in [1.82, 2.24) is 0 Å². The Hall–Kier alpha value is -1.96. The van der Waals surface area contributed by atoms with Gasteiger partial charge in [0, 0.05) is 0 Å². The van der Waals surface area contributed by atoms with Crippen molar-refractivity contribution < 1.29 is 15.6 Å². The Labute approximate surface area is 267 Å². The van der Waals surface area contributed by atoms with Crippen molar-refractivity contribution in [2.75, 3.05) is 0 Å². The fourth-order valence-electron chi connectivity index (χ4n) is 7.88. The first-order chi connectivity index (χ1) is 20.6. The fraction of sp³-hybridized carbons (Fsp3) is 0.282. The fourth-order valence-corrected chi connectivity index (χ4v) is 40.2. The Morgan fingerprint density at radius 1 is 0.605 bits per heavy atom. The predicted molar refractivity (Wildman–Crippen MR) is 190 cm³/mol. The van der Waals surface area contributed by atoms with Gasteiger partial charge in [-0.2, -0.15) is 0 Å². The van der Waals surface area contributed by atoms with E-state index < -0.39 is 21.5 Å². The molecule has 2 unspecified atom stereocenters. The zero-order chi connectivity index (χ0) is 30.5. The van der Waals surface area contributed by atoms with Gasteiger partial charge in [-0.25, -0.2) is 0 Å². The average Bonchev–Trinajstić information content (AvgIpc) is 3.59. The van der Waals surface area contributed by atoms with E-state index in [-0.39, 0.29) is 7.25 Å². The van der Waals surface area contributed by atoms with Gasteiger partial charge in [-0.3, -0.25) is 0 Å². The molecule has 0 nitrogen and oxygen atoms in total. The molecule has 4 heteroatoms. The summed E-state index contributed by atoms with van der Waals surface area (Å²) in [5, 5.41) is 0. The molecule has 4 aromatic carbocycles. The Balaban J connectivity index is 1.52. The van der Waals surface area contributed by atoms with E-state index in [1.54, 1.807) is 0 Å². The van der Waals surface area contributed by atoms with Crippen molar-refractivity contribution >= 4 is 35.1 Å². The topological polar surface area (TPSA) is 0 Å². The molecule has 0 saturated carbocycles. The molecule has 2 aliphatic rings. The van der Waals surface area contributed by atoms with Crippen LogP contribution in [0.1, 0.15) is 74.7 Å². The minimum absolute atomic E-state index is 0.111. The molecular weight excluding hydrogens is 659 g/mol. The van der Waals surface area contributed by atoms with Crippen LogP contribution in [-0.2, 0) is 28.4 Å². The molecule has 0 aliphatic heterocycles. The second-order valence-electron chi connectivity index (χ2n) is 12.9. The molecule has 4 aromatic rings. The third kappa shape index (κ3) is 4.96. The minimum atomic E-state index is -4.71.